The zero-order valence-electron chi connectivity index (χ0n) is 11.4. The van der Waals surface area contributed by atoms with Gasteiger partial charge in [0.1, 0.15) is 0 Å². The van der Waals surface area contributed by atoms with E-state index in [0.29, 0.717) is 5.92 Å². The Morgan fingerprint density at radius 2 is 2.18 bits per heavy atom. The largest absolute Gasteiger partial charge is 0.368 e. The lowest BCUT2D eigenvalue weighted by atomic mass is 9.78. The van der Waals surface area contributed by atoms with Gasteiger partial charge in [0.2, 0.25) is 5.91 Å². The standard InChI is InChI=1S/C13H27N3O/c1-10-5-4-6-11(9-10)12(13(14)17)15-7-8-16(2)3/h10-12,15H,4-9H2,1-3H3,(H2,14,17). The monoisotopic (exact) mass is 241 g/mol. The van der Waals surface area contributed by atoms with E-state index in [1.54, 1.807) is 0 Å². The van der Waals surface area contributed by atoms with Gasteiger partial charge in [-0.15, -0.1) is 0 Å². The molecule has 3 N–H and O–H groups in total. The van der Waals surface area contributed by atoms with Gasteiger partial charge in [-0.2, -0.15) is 0 Å². The second-order valence-corrected chi connectivity index (χ2v) is 5.67. The third-order valence-electron chi connectivity index (χ3n) is 3.68. The molecule has 1 saturated carbocycles. The predicted molar refractivity (Wildman–Crippen MR) is 70.7 cm³/mol. The van der Waals surface area contributed by atoms with Crippen LogP contribution < -0.4 is 11.1 Å². The summed E-state index contributed by atoms with van der Waals surface area (Å²) in [6, 6.07) is -0.141. The average Bonchev–Trinajstić information content (AvgIpc) is 2.23. The molecule has 0 aromatic heterocycles. The summed E-state index contributed by atoms with van der Waals surface area (Å²) in [6.07, 6.45) is 4.78. The minimum Gasteiger partial charge on any atom is -0.368 e. The van der Waals surface area contributed by atoms with Crippen LogP contribution in [0.25, 0.3) is 0 Å². The van der Waals surface area contributed by atoms with E-state index in [0.717, 1.165) is 31.8 Å². The van der Waals surface area contributed by atoms with Gasteiger partial charge in [0, 0.05) is 13.1 Å². The van der Waals surface area contributed by atoms with E-state index in [9.17, 15) is 4.79 Å². The maximum absolute atomic E-state index is 11.5. The molecule has 0 bridgehead atoms. The quantitative estimate of drug-likeness (QED) is 0.724. The molecule has 0 heterocycles. The number of primary amides is 1. The summed E-state index contributed by atoms with van der Waals surface area (Å²) >= 11 is 0. The van der Waals surface area contributed by atoms with Crippen molar-refractivity contribution in [2.24, 2.45) is 17.6 Å². The van der Waals surface area contributed by atoms with Crippen molar-refractivity contribution in [3.05, 3.63) is 0 Å². The van der Waals surface area contributed by atoms with Gasteiger partial charge in [0.15, 0.2) is 0 Å². The maximum atomic E-state index is 11.5. The SMILES string of the molecule is CC1CCCC(C(NCCN(C)C)C(N)=O)C1. The highest BCUT2D eigenvalue weighted by Crippen LogP contribution is 2.30. The van der Waals surface area contributed by atoms with Crippen LogP contribution in [-0.2, 0) is 4.79 Å². The Morgan fingerprint density at radius 1 is 1.47 bits per heavy atom. The lowest BCUT2D eigenvalue weighted by Crippen LogP contribution is -2.49. The molecule has 4 heteroatoms. The van der Waals surface area contributed by atoms with E-state index in [-0.39, 0.29) is 11.9 Å². The second kappa shape index (κ2) is 6.97. The van der Waals surface area contributed by atoms with Crippen LogP contribution >= 0.6 is 0 Å². The number of carbonyl (C=O) groups excluding carboxylic acids is 1. The van der Waals surface area contributed by atoms with Crippen LogP contribution in [0, 0.1) is 11.8 Å². The Bertz CT molecular complexity index is 243. The van der Waals surface area contributed by atoms with E-state index < -0.39 is 0 Å². The van der Waals surface area contributed by atoms with Gasteiger partial charge in [-0.3, -0.25) is 4.79 Å². The zero-order valence-corrected chi connectivity index (χ0v) is 11.4. The number of nitrogens with one attached hydrogen (secondary N) is 1. The molecule has 4 nitrogen and oxygen atoms in total. The molecule has 17 heavy (non-hydrogen) atoms. The topological polar surface area (TPSA) is 58.4 Å². The molecule has 0 spiro atoms. The number of rotatable bonds is 6. The van der Waals surface area contributed by atoms with Crippen molar-refractivity contribution in [1.29, 1.82) is 0 Å². The third kappa shape index (κ3) is 5.04. The van der Waals surface area contributed by atoms with E-state index in [4.69, 9.17) is 5.73 Å². The van der Waals surface area contributed by atoms with Crippen molar-refractivity contribution < 1.29 is 4.79 Å². The summed E-state index contributed by atoms with van der Waals surface area (Å²) in [6.45, 7) is 4.03. The molecule has 0 aromatic rings. The van der Waals surface area contributed by atoms with Crippen LogP contribution in [0.4, 0.5) is 0 Å². The van der Waals surface area contributed by atoms with Crippen LogP contribution in [0.2, 0.25) is 0 Å². The fraction of sp³-hybridized carbons (Fsp3) is 0.923. The van der Waals surface area contributed by atoms with Gasteiger partial charge >= 0.3 is 0 Å². The highest BCUT2D eigenvalue weighted by atomic mass is 16.1. The van der Waals surface area contributed by atoms with Gasteiger partial charge in [0.25, 0.3) is 0 Å². The van der Waals surface area contributed by atoms with Crippen molar-refractivity contribution >= 4 is 5.91 Å². The smallest absolute Gasteiger partial charge is 0.234 e. The Morgan fingerprint density at radius 3 is 2.71 bits per heavy atom. The summed E-state index contributed by atoms with van der Waals surface area (Å²) in [5, 5.41) is 3.32. The highest BCUT2D eigenvalue weighted by Gasteiger charge is 2.29. The number of likely N-dealkylation sites (N-methyl/N-ethyl adjacent to an activating group) is 1. The number of amides is 1. The fourth-order valence-corrected chi connectivity index (χ4v) is 2.73. The van der Waals surface area contributed by atoms with Gasteiger partial charge in [-0.25, -0.2) is 0 Å². The first-order valence-electron chi connectivity index (χ1n) is 6.68. The van der Waals surface area contributed by atoms with Gasteiger partial charge in [0.05, 0.1) is 6.04 Å². The molecule has 1 rings (SSSR count). The molecule has 3 unspecified atom stereocenters. The van der Waals surface area contributed by atoms with Crippen LogP contribution in [0.1, 0.15) is 32.6 Å². The summed E-state index contributed by atoms with van der Waals surface area (Å²) < 4.78 is 0. The van der Waals surface area contributed by atoms with Gasteiger partial charge in [-0.1, -0.05) is 19.8 Å². The number of nitrogens with zero attached hydrogens (tertiary/aromatic N) is 1. The minimum absolute atomic E-state index is 0.141. The number of carbonyl (C=O) groups is 1. The molecule has 0 aromatic carbocycles. The Labute approximate surface area is 105 Å². The van der Waals surface area contributed by atoms with Crippen LogP contribution in [-0.4, -0.2) is 44.0 Å². The first-order valence-corrected chi connectivity index (χ1v) is 6.68. The molecule has 0 aliphatic heterocycles. The van der Waals surface area contributed by atoms with Crippen molar-refractivity contribution in [1.82, 2.24) is 10.2 Å². The molecule has 0 saturated heterocycles. The molecule has 1 fully saturated rings. The number of hydrogen-bond acceptors (Lipinski definition) is 3. The Balaban J connectivity index is 2.44. The van der Waals surface area contributed by atoms with Gasteiger partial charge < -0.3 is 16.0 Å². The molecular formula is C13H27N3O. The number of hydrogen-bond donors (Lipinski definition) is 2. The molecule has 0 radical (unpaired) electrons. The van der Waals surface area contributed by atoms with Crippen LogP contribution in [0.15, 0.2) is 0 Å². The van der Waals surface area contributed by atoms with E-state index in [1.807, 2.05) is 14.1 Å². The maximum Gasteiger partial charge on any atom is 0.234 e. The lowest BCUT2D eigenvalue weighted by Gasteiger charge is -2.32. The third-order valence-corrected chi connectivity index (χ3v) is 3.68. The highest BCUT2D eigenvalue weighted by molar-refractivity contribution is 5.80. The normalized spacial score (nSPS) is 27.1. The van der Waals surface area contributed by atoms with E-state index in [1.165, 1.54) is 12.8 Å². The Kier molecular flexibility index (Phi) is 5.92. The summed E-state index contributed by atoms with van der Waals surface area (Å²) in [7, 11) is 4.06. The summed E-state index contributed by atoms with van der Waals surface area (Å²) in [4.78, 5) is 13.6. The molecule has 100 valence electrons. The number of nitrogens with two attached hydrogens (primary N) is 1. The summed E-state index contributed by atoms with van der Waals surface area (Å²) in [5.74, 6) is 0.965. The first kappa shape index (κ1) is 14.5. The molecule has 1 aliphatic rings. The molecular weight excluding hydrogens is 214 g/mol. The first-order chi connectivity index (χ1) is 8.00. The minimum atomic E-state index is -0.192. The summed E-state index contributed by atoms with van der Waals surface area (Å²) in [5.41, 5.74) is 5.51. The fourth-order valence-electron chi connectivity index (χ4n) is 2.73. The van der Waals surface area contributed by atoms with E-state index in [2.05, 4.69) is 17.1 Å². The van der Waals surface area contributed by atoms with Crippen LogP contribution in [0.5, 0.6) is 0 Å². The Hall–Kier alpha value is -0.610. The molecule has 1 amide bonds. The van der Waals surface area contributed by atoms with Gasteiger partial charge in [-0.05, 0) is 38.8 Å². The lowest BCUT2D eigenvalue weighted by molar-refractivity contribution is -0.121. The zero-order chi connectivity index (χ0) is 12.8. The van der Waals surface area contributed by atoms with Crippen LogP contribution in [0.3, 0.4) is 0 Å². The van der Waals surface area contributed by atoms with Crippen molar-refractivity contribution in [2.75, 3.05) is 27.2 Å². The predicted octanol–water partition coefficient (Wildman–Crippen LogP) is 0.818. The molecule has 3 atom stereocenters. The van der Waals surface area contributed by atoms with Crippen molar-refractivity contribution in [3.8, 4) is 0 Å². The second-order valence-electron chi connectivity index (χ2n) is 5.67. The van der Waals surface area contributed by atoms with Crippen molar-refractivity contribution in [2.45, 2.75) is 38.6 Å². The van der Waals surface area contributed by atoms with E-state index >= 15 is 0 Å². The van der Waals surface area contributed by atoms with Crippen molar-refractivity contribution in [3.63, 3.8) is 0 Å². The molecule has 1 aliphatic carbocycles. The average molecular weight is 241 g/mol.